The van der Waals surface area contributed by atoms with E-state index in [1.807, 2.05) is 6.92 Å². The van der Waals surface area contributed by atoms with Crippen molar-refractivity contribution in [3.63, 3.8) is 0 Å². The molecule has 5 heteroatoms. The molecule has 76 valence electrons. The highest BCUT2D eigenvalue weighted by molar-refractivity contribution is 7.18. The van der Waals surface area contributed by atoms with E-state index in [4.69, 9.17) is 4.74 Å². The normalized spacial score (nSPS) is 10.0. The van der Waals surface area contributed by atoms with E-state index >= 15 is 0 Å². The summed E-state index contributed by atoms with van der Waals surface area (Å²) in [6, 6.07) is 3.55. The van der Waals surface area contributed by atoms with Crippen molar-refractivity contribution in [3.05, 3.63) is 17.1 Å². The van der Waals surface area contributed by atoms with Crippen molar-refractivity contribution in [2.24, 2.45) is 4.99 Å². The van der Waals surface area contributed by atoms with Gasteiger partial charge in [-0.15, -0.1) is 11.3 Å². The van der Waals surface area contributed by atoms with Gasteiger partial charge in [0.2, 0.25) is 6.08 Å². The first-order chi connectivity index (χ1) is 7.24. The molecule has 0 bridgehead atoms. The molecule has 0 aliphatic carbocycles. The molecule has 0 spiro atoms. The van der Waals surface area contributed by atoms with E-state index in [0.29, 0.717) is 11.4 Å². The van der Waals surface area contributed by atoms with Crippen LogP contribution in [0.2, 0.25) is 0 Å². The number of hydrogen-bond donors (Lipinski definition) is 0. The fourth-order valence-electron chi connectivity index (χ4n) is 1.36. The number of aryl methyl sites for hydroxylation is 1. The van der Waals surface area contributed by atoms with Gasteiger partial charge in [-0.05, 0) is 13.0 Å². The van der Waals surface area contributed by atoms with E-state index in [2.05, 4.69) is 9.98 Å². The van der Waals surface area contributed by atoms with Crippen LogP contribution in [-0.4, -0.2) is 18.2 Å². The first kappa shape index (κ1) is 9.83. The maximum absolute atomic E-state index is 10.2. The summed E-state index contributed by atoms with van der Waals surface area (Å²) in [7, 11) is 1.53. The van der Waals surface area contributed by atoms with Gasteiger partial charge in [-0.1, -0.05) is 0 Å². The lowest BCUT2D eigenvalue weighted by Crippen LogP contribution is -1.83. The zero-order valence-corrected chi connectivity index (χ0v) is 9.09. The monoisotopic (exact) mass is 220 g/mol. The molecule has 0 saturated heterocycles. The number of nitrogens with zero attached hydrogens (tertiary/aromatic N) is 2. The summed E-state index contributed by atoms with van der Waals surface area (Å²) >= 11 is 1.55. The summed E-state index contributed by atoms with van der Waals surface area (Å²) in [6.45, 7) is 1.93. The van der Waals surface area contributed by atoms with Crippen molar-refractivity contribution >= 4 is 33.3 Å². The van der Waals surface area contributed by atoms with Gasteiger partial charge in [0.1, 0.15) is 11.4 Å². The van der Waals surface area contributed by atoms with Crippen LogP contribution in [0.25, 0.3) is 10.2 Å². The van der Waals surface area contributed by atoms with Crippen molar-refractivity contribution in [3.8, 4) is 5.75 Å². The molecule has 0 N–H and O–H groups in total. The Morgan fingerprint density at radius 2 is 2.33 bits per heavy atom. The van der Waals surface area contributed by atoms with E-state index < -0.39 is 0 Å². The molecule has 0 radical (unpaired) electrons. The predicted molar refractivity (Wildman–Crippen MR) is 58.7 cm³/mol. The number of fused-ring (bicyclic) bond motifs is 1. The summed E-state index contributed by atoms with van der Waals surface area (Å²) < 4.78 is 6.10. The quantitative estimate of drug-likeness (QED) is 0.577. The number of rotatable bonds is 2. The molecule has 0 unspecified atom stereocenters. The van der Waals surface area contributed by atoms with Crippen molar-refractivity contribution < 1.29 is 9.53 Å². The molecule has 0 aliphatic rings. The molecule has 1 aromatic carbocycles. The van der Waals surface area contributed by atoms with Gasteiger partial charge in [0, 0.05) is 6.07 Å². The van der Waals surface area contributed by atoms with Gasteiger partial charge in [-0.25, -0.2) is 9.78 Å². The van der Waals surface area contributed by atoms with E-state index in [-0.39, 0.29) is 0 Å². The highest BCUT2D eigenvalue weighted by Crippen LogP contribution is 2.34. The molecular formula is C10H8N2O2S. The first-order valence-electron chi connectivity index (χ1n) is 4.27. The van der Waals surface area contributed by atoms with Crippen LogP contribution in [0.15, 0.2) is 17.1 Å². The number of hydrogen-bond acceptors (Lipinski definition) is 5. The molecule has 1 heterocycles. The Morgan fingerprint density at radius 1 is 1.53 bits per heavy atom. The van der Waals surface area contributed by atoms with Gasteiger partial charge in [-0.2, -0.15) is 4.99 Å². The Bertz CT molecular complexity index is 556. The van der Waals surface area contributed by atoms with Crippen LogP contribution in [0.4, 0.5) is 5.69 Å². The third-order valence-electron chi connectivity index (χ3n) is 1.96. The van der Waals surface area contributed by atoms with Gasteiger partial charge >= 0.3 is 0 Å². The molecule has 2 rings (SSSR count). The molecule has 0 amide bonds. The topological polar surface area (TPSA) is 51.6 Å². The number of ether oxygens (including phenoxy) is 1. The fraction of sp³-hybridized carbons (Fsp3) is 0.200. The van der Waals surface area contributed by atoms with E-state index in [1.54, 1.807) is 23.5 Å². The van der Waals surface area contributed by atoms with Gasteiger partial charge in [-0.3, -0.25) is 0 Å². The fourth-order valence-corrected chi connectivity index (χ4v) is 2.20. The summed E-state index contributed by atoms with van der Waals surface area (Å²) in [5.41, 5.74) is 1.35. The lowest BCUT2D eigenvalue weighted by Gasteiger charge is -2.01. The van der Waals surface area contributed by atoms with Crippen LogP contribution >= 0.6 is 11.3 Å². The second-order valence-electron chi connectivity index (χ2n) is 2.93. The smallest absolute Gasteiger partial charge is 0.240 e. The number of methoxy groups -OCH3 is 1. The number of aliphatic imine (C=N–C) groups is 1. The number of carbonyl (C=O) groups excluding carboxylic acids is 1. The van der Waals surface area contributed by atoms with Crippen LogP contribution in [0.5, 0.6) is 5.75 Å². The van der Waals surface area contributed by atoms with Gasteiger partial charge < -0.3 is 4.74 Å². The summed E-state index contributed by atoms with van der Waals surface area (Å²) in [4.78, 5) is 18.1. The average molecular weight is 220 g/mol. The number of thiazole rings is 1. The minimum Gasteiger partial charge on any atom is -0.494 e. The summed E-state index contributed by atoms with van der Waals surface area (Å²) in [5.74, 6) is 0.538. The molecule has 1 aromatic heterocycles. The van der Waals surface area contributed by atoms with Crippen LogP contribution in [0.1, 0.15) is 5.01 Å². The second kappa shape index (κ2) is 3.81. The standard InChI is InChI=1S/C10H8N2O2S/c1-6-12-8-3-9(14-2)7(11-5-13)4-10(8)15-6/h3-4H,1-2H3. The highest BCUT2D eigenvalue weighted by Gasteiger charge is 2.07. The molecular weight excluding hydrogens is 212 g/mol. The highest BCUT2D eigenvalue weighted by atomic mass is 32.1. The first-order valence-corrected chi connectivity index (χ1v) is 5.09. The maximum Gasteiger partial charge on any atom is 0.240 e. The number of isocyanates is 1. The van der Waals surface area contributed by atoms with Crippen LogP contribution in [0, 0.1) is 6.92 Å². The third-order valence-corrected chi connectivity index (χ3v) is 2.90. The van der Waals surface area contributed by atoms with E-state index in [9.17, 15) is 4.79 Å². The van der Waals surface area contributed by atoms with E-state index in [1.165, 1.54) is 13.2 Å². The largest absolute Gasteiger partial charge is 0.494 e. The Kier molecular flexibility index (Phi) is 2.49. The van der Waals surface area contributed by atoms with Gasteiger partial charge in [0.25, 0.3) is 0 Å². The maximum atomic E-state index is 10.2. The Labute approximate surface area is 90.2 Å². The van der Waals surface area contributed by atoms with Gasteiger partial charge in [0.05, 0.1) is 22.3 Å². The Balaban J connectivity index is 2.73. The van der Waals surface area contributed by atoms with Crippen molar-refractivity contribution in [2.75, 3.05) is 7.11 Å². The Morgan fingerprint density at radius 3 is 3.00 bits per heavy atom. The summed E-state index contributed by atoms with van der Waals surface area (Å²) in [6.07, 6.45) is 1.51. The van der Waals surface area contributed by atoms with Crippen LogP contribution in [-0.2, 0) is 4.79 Å². The average Bonchev–Trinajstić information content (AvgIpc) is 2.56. The van der Waals surface area contributed by atoms with Crippen molar-refractivity contribution in [1.82, 2.24) is 4.98 Å². The molecule has 0 atom stereocenters. The molecule has 0 fully saturated rings. The molecule has 15 heavy (non-hydrogen) atoms. The van der Waals surface area contributed by atoms with Crippen LogP contribution < -0.4 is 4.74 Å². The Hall–Kier alpha value is -1.71. The zero-order valence-electron chi connectivity index (χ0n) is 8.27. The second-order valence-corrected chi connectivity index (χ2v) is 4.16. The lowest BCUT2D eigenvalue weighted by atomic mass is 10.3. The minimum absolute atomic E-state index is 0.489. The lowest BCUT2D eigenvalue weighted by molar-refractivity contribution is 0.416. The molecule has 0 saturated carbocycles. The van der Waals surface area contributed by atoms with Crippen molar-refractivity contribution in [1.29, 1.82) is 0 Å². The van der Waals surface area contributed by atoms with Gasteiger partial charge in [0.15, 0.2) is 0 Å². The number of benzene rings is 1. The van der Waals surface area contributed by atoms with Crippen LogP contribution in [0.3, 0.4) is 0 Å². The molecule has 0 aliphatic heterocycles. The minimum atomic E-state index is 0.489. The molecule has 4 nitrogen and oxygen atoms in total. The van der Waals surface area contributed by atoms with Crippen molar-refractivity contribution in [2.45, 2.75) is 6.92 Å². The number of aromatic nitrogens is 1. The van der Waals surface area contributed by atoms with E-state index in [0.717, 1.165) is 15.2 Å². The zero-order chi connectivity index (χ0) is 10.8. The summed E-state index contributed by atoms with van der Waals surface area (Å²) in [5, 5.41) is 0.972. The molecule has 2 aromatic rings. The SMILES string of the molecule is COc1cc2nc(C)sc2cc1N=C=O. The predicted octanol–water partition coefficient (Wildman–Crippen LogP) is 2.58. The third kappa shape index (κ3) is 1.75.